The third-order valence-corrected chi connectivity index (χ3v) is 5.52. The van der Waals surface area contributed by atoms with E-state index in [0.29, 0.717) is 19.1 Å². The largest absolute Gasteiger partial charge is 0.467 e. The summed E-state index contributed by atoms with van der Waals surface area (Å²) in [6.07, 6.45) is 6.58. The fourth-order valence-corrected chi connectivity index (χ4v) is 4.06. The minimum absolute atomic E-state index is 0.0747. The Kier molecular flexibility index (Phi) is 4.40. The highest BCUT2D eigenvalue weighted by Gasteiger charge is 2.42. The highest BCUT2D eigenvalue weighted by molar-refractivity contribution is 5.79. The topological polar surface area (TPSA) is 54.7 Å². The average molecular weight is 318 g/mol. The summed E-state index contributed by atoms with van der Waals surface area (Å²) in [5.74, 6) is 2.29. The molecule has 0 radical (unpaired) electrons. The monoisotopic (exact) mass is 318 g/mol. The molecule has 5 heteroatoms. The molecule has 1 aromatic rings. The van der Waals surface area contributed by atoms with Crippen molar-refractivity contribution in [2.75, 3.05) is 26.2 Å². The fraction of sp³-hybridized carbons (Fsp3) is 0.722. The molecule has 1 N–H and O–H groups in total. The number of fused-ring (bicyclic) bond motifs is 1. The van der Waals surface area contributed by atoms with Gasteiger partial charge >= 0.3 is 0 Å². The van der Waals surface area contributed by atoms with Crippen LogP contribution in [0.4, 0.5) is 0 Å². The van der Waals surface area contributed by atoms with E-state index < -0.39 is 0 Å². The van der Waals surface area contributed by atoms with Crippen LogP contribution in [0.25, 0.3) is 0 Å². The van der Waals surface area contributed by atoms with Gasteiger partial charge in [-0.1, -0.05) is 0 Å². The van der Waals surface area contributed by atoms with Crippen molar-refractivity contribution in [3.8, 4) is 0 Å². The third-order valence-electron chi connectivity index (χ3n) is 5.52. The van der Waals surface area contributed by atoms with Gasteiger partial charge in [-0.3, -0.25) is 4.79 Å². The number of carbonyl (C=O) groups is 1. The SMILES string of the molecule is O=C(NCc1ccco1)[C@@H]1CCO[C@@H]2CCN(CC3CC3)C[C@@H]21. The molecule has 0 aromatic carbocycles. The fourth-order valence-electron chi connectivity index (χ4n) is 4.06. The zero-order chi connectivity index (χ0) is 15.6. The maximum Gasteiger partial charge on any atom is 0.224 e. The number of nitrogens with zero attached hydrogens (tertiary/aromatic N) is 1. The van der Waals surface area contributed by atoms with E-state index in [4.69, 9.17) is 9.15 Å². The van der Waals surface area contributed by atoms with Crippen molar-refractivity contribution in [2.24, 2.45) is 17.8 Å². The lowest BCUT2D eigenvalue weighted by Crippen LogP contribution is -2.53. The van der Waals surface area contributed by atoms with Gasteiger partial charge in [-0.25, -0.2) is 0 Å². The molecule has 3 aliphatic rings. The van der Waals surface area contributed by atoms with Gasteiger partial charge in [0.25, 0.3) is 0 Å². The molecule has 1 saturated carbocycles. The molecule has 1 amide bonds. The molecule has 5 nitrogen and oxygen atoms in total. The summed E-state index contributed by atoms with van der Waals surface area (Å²) in [5, 5.41) is 3.05. The molecule has 3 atom stereocenters. The molecule has 0 unspecified atom stereocenters. The Bertz CT molecular complexity index is 526. The summed E-state index contributed by atoms with van der Waals surface area (Å²) in [7, 11) is 0. The minimum Gasteiger partial charge on any atom is -0.467 e. The molecule has 3 heterocycles. The number of ether oxygens (including phenoxy) is 1. The summed E-state index contributed by atoms with van der Waals surface area (Å²) in [5.41, 5.74) is 0. The lowest BCUT2D eigenvalue weighted by atomic mass is 9.79. The molecular formula is C18H26N2O3. The van der Waals surface area contributed by atoms with E-state index in [1.165, 1.54) is 19.4 Å². The van der Waals surface area contributed by atoms with Gasteiger partial charge in [0.1, 0.15) is 5.76 Å². The van der Waals surface area contributed by atoms with Crippen LogP contribution < -0.4 is 5.32 Å². The predicted molar refractivity (Wildman–Crippen MR) is 85.7 cm³/mol. The quantitative estimate of drug-likeness (QED) is 0.902. The molecule has 126 valence electrons. The molecule has 1 aliphatic carbocycles. The van der Waals surface area contributed by atoms with Crippen LogP contribution in [0.15, 0.2) is 22.8 Å². The predicted octanol–water partition coefficient (Wildman–Crippen LogP) is 2.03. The first kappa shape index (κ1) is 15.2. The summed E-state index contributed by atoms with van der Waals surface area (Å²) < 4.78 is 11.3. The van der Waals surface area contributed by atoms with Gasteiger partial charge in [-0.2, -0.15) is 0 Å². The van der Waals surface area contributed by atoms with E-state index in [0.717, 1.165) is 37.6 Å². The van der Waals surface area contributed by atoms with Gasteiger partial charge < -0.3 is 19.4 Å². The highest BCUT2D eigenvalue weighted by atomic mass is 16.5. The van der Waals surface area contributed by atoms with Crippen molar-refractivity contribution in [3.05, 3.63) is 24.2 Å². The lowest BCUT2D eigenvalue weighted by molar-refractivity contribution is -0.142. The van der Waals surface area contributed by atoms with Crippen LogP contribution in [-0.4, -0.2) is 43.2 Å². The Hall–Kier alpha value is -1.33. The van der Waals surface area contributed by atoms with Crippen molar-refractivity contribution in [2.45, 2.75) is 38.3 Å². The van der Waals surface area contributed by atoms with Crippen LogP contribution in [0.3, 0.4) is 0 Å². The molecule has 1 aromatic heterocycles. The van der Waals surface area contributed by atoms with Gasteiger partial charge in [0.2, 0.25) is 5.91 Å². The number of furan rings is 1. The standard InChI is InChI=1S/C18H26N2O3/c21-18(19-10-14-2-1-8-22-14)15-6-9-23-17-5-7-20(12-16(15)17)11-13-3-4-13/h1-2,8,13,15-17H,3-7,9-12H2,(H,19,21)/t15-,16-,17-/m1/s1. The zero-order valence-corrected chi connectivity index (χ0v) is 13.6. The maximum atomic E-state index is 12.7. The number of amides is 1. The van der Waals surface area contributed by atoms with Crippen molar-refractivity contribution in [1.82, 2.24) is 10.2 Å². The normalized spacial score (nSPS) is 31.6. The molecule has 2 saturated heterocycles. The Morgan fingerprint density at radius 3 is 3.00 bits per heavy atom. The average Bonchev–Trinajstić information content (AvgIpc) is 3.23. The Balaban J connectivity index is 1.36. The number of hydrogen-bond donors (Lipinski definition) is 1. The van der Waals surface area contributed by atoms with Gasteiger partial charge in [0.15, 0.2) is 0 Å². The Labute approximate surface area is 137 Å². The van der Waals surface area contributed by atoms with Crippen molar-refractivity contribution >= 4 is 5.91 Å². The molecule has 0 bridgehead atoms. The number of likely N-dealkylation sites (tertiary alicyclic amines) is 1. The van der Waals surface area contributed by atoms with Crippen LogP contribution in [0.1, 0.15) is 31.4 Å². The van der Waals surface area contributed by atoms with Crippen LogP contribution in [-0.2, 0) is 16.1 Å². The van der Waals surface area contributed by atoms with Gasteiger partial charge in [-0.05, 0) is 43.7 Å². The first-order valence-corrected chi connectivity index (χ1v) is 8.93. The van der Waals surface area contributed by atoms with Crippen molar-refractivity contribution in [1.29, 1.82) is 0 Å². The highest BCUT2D eigenvalue weighted by Crippen LogP contribution is 2.36. The number of rotatable bonds is 5. The van der Waals surface area contributed by atoms with Crippen LogP contribution >= 0.6 is 0 Å². The minimum atomic E-state index is 0.0747. The van der Waals surface area contributed by atoms with E-state index in [1.54, 1.807) is 6.26 Å². The number of carbonyl (C=O) groups excluding carboxylic acids is 1. The molecule has 2 aliphatic heterocycles. The molecular weight excluding hydrogens is 292 g/mol. The third kappa shape index (κ3) is 3.61. The van der Waals surface area contributed by atoms with E-state index in [1.807, 2.05) is 12.1 Å². The van der Waals surface area contributed by atoms with Gasteiger partial charge in [-0.15, -0.1) is 0 Å². The summed E-state index contributed by atoms with van der Waals surface area (Å²) >= 11 is 0. The first-order valence-electron chi connectivity index (χ1n) is 8.93. The number of piperidine rings is 1. The summed E-state index contributed by atoms with van der Waals surface area (Å²) in [4.78, 5) is 15.2. The lowest BCUT2D eigenvalue weighted by Gasteiger charge is -2.44. The molecule has 0 spiro atoms. The molecule has 4 rings (SSSR count). The number of hydrogen-bond acceptors (Lipinski definition) is 4. The number of nitrogens with one attached hydrogen (secondary N) is 1. The van der Waals surface area contributed by atoms with Crippen LogP contribution in [0, 0.1) is 17.8 Å². The van der Waals surface area contributed by atoms with E-state index in [2.05, 4.69) is 10.2 Å². The van der Waals surface area contributed by atoms with E-state index in [9.17, 15) is 4.79 Å². The molecule has 3 fully saturated rings. The maximum absolute atomic E-state index is 12.7. The Morgan fingerprint density at radius 2 is 2.22 bits per heavy atom. The smallest absolute Gasteiger partial charge is 0.224 e. The van der Waals surface area contributed by atoms with E-state index in [-0.39, 0.29) is 17.9 Å². The van der Waals surface area contributed by atoms with Crippen LogP contribution in [0.5, 0.6) is 0 Å². The molecule has 23 heavy (non-hydrogen) atoms. The van der Waals surface area contributed by atoms with E-state index >= 15 is 0 Å². The van der Waals surface area contributed by atoms with Crippen molar-refractivity contribution in [3.63, 3.8) is 0 Å². The summed E-state index contributed by atoms with van der Waals surface area (Å²) in [6, 6.07) is 3.74. The second-order valence-corrected chi connectivity index (χ2v) is 7.26. The van der Waals surface area contributed by atoms with Gasteiger partial charge in [0.05, 0.1) is 18.9 Å². The van der Waals surface area contributed by atoms with Crippen LogP contribution in [0.2, 0.25) is 0 Å². The Morgan fingerprint density at radius 1 is 1.30 bits per heavy atom. The van der Waals surface area contributed by atoms with Crippen molar-refractivity contribution < 1.29 is 13.9 Å². The zero-order valence-electron chi connectivity index (χ0n) is 13.6. The summed E-state index contributed by atoms with van der Waals surface area (Å²) in [6.45, 7) is 4.54. The first-order chi connectivity index (χ1) is 11.3. The van der Waals surface area contributed by atoms with Gasteiger partial charge in [0, 0.05) is 38.1 Å². The second kappa shape index (κ2) is 6.65. The second-order valence-electron chi connectivity index (χ2n) is 7.26.